The molecule has 0 unspecified atom stereocenters. The highest BCUT2D eigenvalue weighted by Gasteiger charge is 2.31. The Bertz CT molecular complexity index is 371. The van der Waals surface area contributed by atoms with Crippen LogP contribution in [-0.2, 0) is 12.0 Å². The molecule has 15 heavy (non-hydrogen) atoms. The summed E-state index contributed by atoms with van der Waals surface area (Å²) in [7, 11) is 3.91. The maximum atomic E-state index is 5.26. The molecule has 2 rings (SSSR count). The van der Waals surface area contributed by atoms with Crippen molar-refractivity contribution in [2.24, 2.45) is 0 Å². The number of fused-ring (bicyclic) bond motifs is 1. The van der Waals surface area contributed by atoms with Crippen LogP contribution in [0, 0.1) is 0 Å². The fourth-order valence-corrected chi connectivity index (χ4v) is 2.27. The van der Waals surface area contributed by atoms with Gasteiger partial charge >= 0.3 is 0 Å². The Balaban J connectivity index is 2.48. The minimum Gasteiger partial charge on any atom is -0.497 e. The Morgan fingerprint density at radius 1 is 1.33 bits per heavy atom. The van der Waals surface area contributed by atoms with E-state index in [0.717, 1.165) is 18.7 Å². The van der Waals surface area contributed by atoms with E-state index in [4.69, 9.17) is 4.74 Å². The van der Waals surface area contributed by atoms with Gasteiger partial charge in [0.1, 0.15) is 5.75 Å². The second-order valence-electron chi connectivity index (χ2n) is 4.75. The first-order valence-electron chi connectivity index (χ1n) is 5.44. The number of ether oxygens (including phenoxy) is 1. The summed E-state index contributed by atoms with van der Waals surface area (Å²) in [6.07, 6.45) is 1.12. The first-order chi connectivity index (χ1) is 7.05. The number of hydrogen-bond acceptors (Lipinski definition) is 2. The molecule has 0 fully saturated rings. The van der Waals surface area contributed by atoms with Crippen molar-refractivity contribution in [2.75, 3.05) is 20.7 Å². The molecule has 2 heteroatoms. The minimum absolute atomic E-state index is 0.139. The van der Waals surface area contributed by atoms with E-state index in [1.165, 1.54) is 11.1 Å². The average Bonchev–Trinajstić information content (AvgIpc) is 2.23. The SMILES string of the molecule is COc1ccc2c(c1)CCN(C)C2(C)C. The lowest BCUT2D eigenvalue weighted by molar-refractivity contribution is 0.143. The van der Waals surface area contributed by atoms with Crippen LogP contribution in [0.4, 0.5) is 0 Å². The molecule has 0 spiro atoms. The summed E-state index contributed by atoms with van der Waals surface area (Å²) >= 11 is 0. The third kappa shape index (κ3) is 1.63. The van der Waals surface area contributed by atoms with Gasteiger partial charge in [0.25, 0.3) is 0 Å². The molecule has 0 N–H and O–H groups in total. The topological polar surface area (TPSA) is 12.5 Å². The maximum absolute atomic E-state index is 5.26. The molecule has 0 radical (unpaired) electrons. The Labute approximate surface area is 91.9 Å². The zero-order valence-corrected chi connectivity index (χ0v) is 10.0. The highest BCUT2D eigenvalue weighted by Crippen LogP contribution is 2.35. The molecule has 0 aromatic heterocycles. The molecular formula is C13H19NO. The molecule has 0 aliphatic carbocycles. The summed E-state index contributed by atoms with van der Waals surface area (Å²) in [6.45, 7) is 5.67. The molecular weight excluding hydrogens is 186 g/mol. The van der Waals surface area contributed by atoms with Crippen LogP contribution >= 0.6 is 0 Å². The molecule has 82 valence electrons. The third-order valence-corrected chi connectivity index (χ3v) is 3.64. The molecule has 0 amide bonds. The zero-order chi connectivity index (χ0) is 11.1. The van der Waals surface area contributed by atoms with Crippen molar-refractivity contribution in [3.63, 3.8) is 0 Å². The Hall–Kier alpha value is -1.02. The van der Waals surface area contributed by atoms with E-state index in [2.05, 4.69) is 44.0 Å². The lowest BCUT2D eigenvalue weighted by Gasteiger charge is -2.41. The Morgan fingerprint density at radius 3 is 2.73 bits per heavy atom. The van der Waals surface area contributed by atoms with Crippen LogP contribution in [0.2, 0.25) is 0 Å². The van der Waals surface area contributed by atoms with E-state index in [1.54, 1.807) is 7.11 Å². The number of nitrogens with zero attached hydrogens (tertiary/aromatic N) is 1. The Kier molecular flexibility index (Phi) is 2.47. The number of hydrogen-bond donors (Lipinski definition) is 0. The molecule has 0 atom stereocenters. The summed E-state index contributed by atoms with van der Waals surface area (Å²) in [5, 5.41) is 0. The van der Waals surface area contributed by atoms with Crippen LogP contribution in [0.25, 0.3) is 0 Å². The van der Waals surface area contributed by atoms with Crippen molar-refractivity contribution < 1.29 is 4.74 Å². The van der Waals surface area contributed by atoms with Gasteiger partial charge < -0.3 is 4.74 Å². The van der Waals surface area contributed by atoms with Gasteiger partial charge in [0, 0.05) is 12.1 Å². The van der Waals surface area contributed by atoms with Crippen molar-refractivity contribution in [3.05, 3.63) is 29.3 Å². The van der Waals surface area contributed by atoms with Gasteiger partial charge in [0.2, 0.25) is 0 Å². The zero-order valence-electron chi connectivity index (χ0n) is 10.0. The lowest BCUT2D eigenvalue weighted by atomic mass is 9.84. The summed E-state index contributed by atoms with van der Waals surface area (Å²) in [4.78, 5) is 2.40. The smallest absolute Gasteiger partial charge is 0.119 e. The van der Waals surface area contributed by atoms with Crippen molar-refractivity contribution >= 4 is 0 Å². The molecule has 1 aliphatic rings. The normalized spacial score (nSPS) is 19.7. The molecule has 1 aromatic carbocycles. The second kappa shape index (κ2) is 3.53. The van der Waals surface area contributed by atoms with Gasteiger partial charge in [-0.25, -0.2) is 0 Å². The quantitative estimate of drug-likeness (QED) is 0.698. The van der Waals surface area contributed by atoms with Gasteiger partial charge in [0.15, 0.2) is 0 Å². The second-order valence-corrected chi connectivity index (χ2v) is 4.75. The molecule has 0 bridgehead atoms. The summed E-state index contributed by atoms with van der Waals surface area (Å²) in [5.41, 5.74) is 2.99. The number of likely N-dealkylation sites (N-methyl/N-ethyl adjacent to an activating group) is 1. The van der Waals surface area contributed by atoms with E-state index < -0.39 is 0 Å². The van der Waals surface area contributed by atoms with Crippen LogP contribution in [-0.4, -0.2) is 25.6 Å². The van der Waals surface area contributed by atoms with Crippen molar-refractivity contribution in [1.29, 1.82) is 0 Å². The van der Waals surface area contributed by atoms with Crippen molar-refractivity contribution in [1.82, 2.24) is 4.90 Å². The van der Waals surface area contributed by atoms with Gasteiger partial charge in [0.05, 0.1) is 7.11 Å². The molecule has 1 aromatic rings. The van der Waals surface area contributed by atoms with Gasteiger partial charge in [-0.1, -0.05) is 6.07 Å². The average molecular weight is 205 g/mol. The predicted molar refractivity (Wildman–Crippen MR) is 62.4 cm³/mol. The van der Waals surface area contributed by atoms with Crippen LogP contribution in [0.15, 0.2) is 18.2 Å². The van der Waals surface area contributed by atoms with Crippen LogP contribution in [0.3, 0.4) is 0 Å². The number of methoxy groups -OCH3 is 1. The monoisotopic (exact) mass is 205 g/mol. The Morgan fingerprint density at radius 2 is 2.07 bits per heavy atom. The lowest BCUT2D eigenvalue weighted by Crippen LogP contribution is -2.43. The van der Waals surface area contributed by atoms with Gasteiger partial charge in [-0.2, -0.15) is 0 Å². The predicted octanol–water partition coefficient (Wildman–Crippen LogP) is 2.42. The first kappa shape index (κ1) is 10.5. The highest BCUT2D eigenvalue weighted by molar-refractivity contribution is 5.41. The van der Waals surface area contributed by atoms with E-state index in [-0.39, 0.29) is 5.54 Å². The first-order valence-corrected chi connectivity index (χ1v) is 5.44. The molecule has 1 aliphatic heterocycles. The summed E-state index contributed by atoms with van der Waals surface area (Å²) in [6, 6.07) is 6.42. The summed E-state index contributed by atoms with van der Waals surface area (Å²) in [5.74, 6) is 0.967. The minimum atomic E-state index is 0.139. The molecule has 0 saturated heterocycles. The fraction of sp³-hybridized carbons (Fsp3) is 0.538. The van der Waals surface area contributed by atoms with Crippen LogP contribution in [0.5, 0.6) is 5.75 Å². The molecule has 2 nitrogen and oxygen atoms in total. The third-order valence-electron chi connectivity index (χ3n) is 3.64. The van der Waals surface area contributed by atoms with E-state index >= 15 is 0 Å². The van der Waals surface area contributed by atoms with Gasteiger partial charge in [-0.15, -0.1) is 0 Å². The van der Waals surface area contributed by atoms with Crippen molar-refractivity contribution in [3.8, 4) is 5.75 Å². The molecule has 1 heterocycles. The van der Waals surface area contributed by atoms with Crippen LogP contribution < -0.4 is 4.74 Å². The largest absolute Gasteiger partial charge is 0.497 e. The highest BCUT2D eigenvalue weighted by atomic mass is 16.5. The summed E-state index contributed by atoms with van der Waals surface area (Å²) < 4.78 is 5.26. The van der Waals surface area contributed by atoms with E-state index in [0.29, 0.717) is 0 Å². The van der Waals surface area contributed by atoms with Crippen LogP contribution in [0.1, 0.15) is 25.0 Å². The van der Waals surface area contributed by atoms with Crippen molar-refractivity contribution in [2.45, 2.75) is 25.8 Å². The fourth-order valence-electron chi connectivity index (χ4n) is 2.27. The van der Waals surface area contributed by atoms with Gasteiger partial charge in [-0.3, -0.25) is 4.90 Å². The maximum Gasteiger partial charge on any atom is 0.119 e. The number of rotatable bonds is 1. The van der Waals surface area contributed by atoms with Gasteiger partial charge in [-0.05, 0) is 50.6 Å². The number of benzene rings is 1. The van der Waals surface area contributed by atoms with E-state index in [1.807, 2.05) is 0 Å². The standard InChI is InChI=1S/C13H19NO/c1-13(2)12-6-5-11(15-4)9-10(12)7-8-14(13)3/h5-6,9H,7-8H2,1-4H3. The van der Waals surface area contributed by atoms with E-state index in [9.17, 15) is 0 Å². The molecule has 0 saturated carbocycles.